The summed E-state index contributed by atoms with van der Waals surface area (Å²) in [5, 5.41) is 3.00. The molecule has 2 rings (SSSR count). The van der Waals surface area contributed by atoms with Crippen LogP contribution in [0.1, 0.15) is 42.5 Å². The summed E-state index contributed by atoms with van der Waals surface area (Å²) in [4.78, 5) is 12.6. The third-order valence-corrected chi connectivity index (χ3v) is 6.18. The maximum absolute atomic E-state index is 12.5. The van der Waals surface area contributed by atoms with Gasteiger partial charge in [-0.3, -0.25) is 4.79 Å². The highest BCUT2D eigenvalue weighted by atomic mass is 79.9. The minimum Gasteiger partial charge on any atom is -0.383 e. The van der Waals surface area contributed by atoms with Crippen LogP contribution >= 0.6 is 15.9 Å². The smallest absolute Gasteiger partial charge is 0.252 e. The van der Waals surface area contributed by atoms with E-state index in [2.05, 4.69) is 26.0 Å². The van der Waals surface area contributed by atoms with Crippen molar-refractivity contribution in [1.29, 1.82) is 0 Å². The summed E-state index contributed by atoms with van der Waals surface area (Å²) in [6.45, 7) is 0.462. The van der Waals surface area contributed by atoms with E-state index in [0.717, 1.165) is 25.7 Å². The molecule has 1 aliphatic rings. The maximum Gasteiger partial charge on any atom is 0.252 e. The van der Waals surface area contributed by atoms with Crippen molar-refractivity contribution in [2.75, 3.05) is 20.3 Å². The average molecular weight is 419 g/mol. The number of methoxy groups -OCH3 is 1. The first-order valence-corrected chi connectivity index (χ1v) is 10.3. The van der Waals surface area contributed by atoms with Gasteiger partial charge >= 0.3 is 0 Å². The van der Waals surface area contributed by atoms with Crippen molar-refractivity contribution in [2.45, 2.75) is 43.0 Å². The molecular weight excluding hydrogens is 396 g/mol. The lowest BCUT2D eigenvalue weighted by Gasteiger charge is -2.23. The number of nitrogens with one attached hydrogen (secondary N) is 2. The van der Waals surface area contributed by atoms with Gasteiger partial charge in [-0.05, 0) is 47.0 Å². The highest BCUT2D eigenvalue weighted by molar-refractivity contribution is 9.10. The van der Waals surface area contributed by atoms with E-state index >= 15 is 0 Å². The Morgan fingerprint density at radius 1 is 1.29 bits per heavy atom. The van der Waals surface area contributed by atoms with Crippen molar-refractivity contribution < 1.29 is 17.9 Å². The molecule has 1 aromatic rings. The molecule has 1 aromatic carbocycles. The number of ether oxygens (including phenoxy) is 1. The van der Waals surface area contributed by atoms with Gasteiger partial charge in [-0.15, -0.1) is 0 Å². The van der Waals surface area contributed by atoms with Crippen LogP contribution in [0.3, 0.4) is 0 Å². The molecule has 1 amide bonds. The van der Waals surface area contributed by atoms with E-state index < -0.39 is 10.0 Å². The Bertz CT molecular complexity index is 673. The van der Waals surface area contributed by atoms with E-state index in [1.807, 2.05) is 0 Å². The predicted octanol–water partition coefficient (Wildman–Crippen LogP) is 2.44. The van der Waals surface area contributed by atoms with Crippen molar-refractivity contribution in [3.63, 3.8) is 0 Å². The molecule has 0 unspecified atom stereocenters. The fraction of sp³-hybridized carbons (Fsp3) is 0.562. The van der Waals surface area contributed by atoms with Gasteiger partial charge in [-0.25, -0.2) is 13.1 Å². The molecule has 0 aromatic heterocycles. The van der Waals surface area contributed by atoms with Crippen molar-refractivity contribution in [3.8, 4) is 0 Å². The number of amides is 1. The summed E-state index contributed by atoms with van der Waals surface area (Å²) in [5.74, 6) is -0.247. The van der Waals surface area contributed by atoms with Crippen molar-refractivity contribution in [3.05, 3.63) is 28.2 Å². The highest BCUT2D eigenvalue weighted by Crippen LogP contribution is 2.23. The second kappa shape index (κ2) is 8.94. The molecule has 0 atom stereocenters. The van der Waals surface area contributed by atoms with E-state index in [0.29, 0.717) is 10.0 Å². The summed E-state index contributed by atoms with van der Waals surface area (Å²) in [6, 6.07) is 4.62. The predicted molar refractivity (Wildman–Crippen MR) is 95.5 cm³/mol. The van der Waals surface area contributed by atoms with E-state index in [9.17, 15) is 13.2 Å². The van der Waals surface area contributed by atoms with Gasteiger partial charge in [0, 0.05) is 24.2 Å². The minimum absolute atomic E-state index is 0.0654. The SMILES string of the molecule is COCCNS(=O)(=O)c1ccc(Br)c(C(=O)NC2CCCCC2)c1. The Morgan fingerprint density at radius 3 is 2.67 bits per heavy atom. The molecular formula is C16H23BrN2O4S. The number of carbonyl (C=O) groups excluding carboxylic acids is 1. The third kappa shape index (κ3) is 5.27. The Balaban J connectivity index is 2.13. The zero-order valence-corrected chi connectivity index (χ0v) is 16.1. The van der Waals surface area contributed by atoms with Crippen LogP contribution in [0.15, 0.2) is 27.6 Å². The first kappa shape index (κ1) is 19.4. The van der Waals surface area contributed by atoms with Crippen molar-refractivity contribution in [1.82, 2.24) is 10.0 Å². The van der Waals surface area contributed by atoms with Gasteiger partial charge in [0.2, 0.25) is 10.0 Å². The minimum atomic E-state index is -3.67. The summed E-state index contributed by atoms with van der Waals surface area (Å²) in [6.07, 6.45) is 5.38. The largest absolute Gasteiger partial charge is 0.383 e. The fourth-order valence-corrected chi connectivity index (χ4v) is 4.18. The van der Waals surface area contributed by atoms with Gasteiger partial charge in [0.05, 0.1) is 17.1 Å². The molecule has 1 fully saturated rings. The quantitative estimate of drug-likeness (QED) is 0.665. The van der Waals surface area contributed by atoms with E-state index in [-0.39, 0.29) is 30.0 Å². The Kier molecular flexibility index (Phi) is 7.21. The number of hydrogen-bond acceptors (Lipinski definition) is 4. The number of sulfonamides is 1. The zero-order chi connectivity index (χ0) is 17.6. The van der Waals surface area contributed by atoms with E-state index in [1.165, 1.54) is 25.7 Å². The topological polar surface area (TPSA) is 84.5 Å². The van der Waals surface area contributed by atoms with Crippen LogP contribution < -0.4 is 10.0 Å². The van der Waals surface area contributed by atoms with Crippen LogP contribution in [0, 0.1) is 0 Å². The Labute approximate surface area is 151 Å². The first-order chi connectivity index (χ1) is 11.4. The molecule has 0 heterocycles. The normalized spacial score (nSPS) is 16.1. The molecule has 0 spiro atoms. The Morgan fingerprint density at radius 2 is 2.00 bits per heavy atom. The summed E-state index contributed by atoms with van der Waals surface area (Å²) in [5.41, 5.74) is 0.329. The van der Waals surface area contributed by atoms with Gasteiger partial charge in [0.15, 0.2) is 0 Å². The first-order valence-electron chi connectivity index (χ1n) is 8.03. The molecule has 134 valence electrons. The fourth-order valence-electron chi connectivity index (χ4n) is 2.72. The van der Waals surface area contributed by atoms with Crippen LogP contribution in [-0.2, 0) is 14.8 Å². The molecule has 0 aliphatic heterocycles. The summed E-state index contributed by atoms with van der Waals surface area (Å²) >= 11 is 3.33. The van der Waals surface area contributed by atoms with Crippen LogP contribution in [0.2, 0.25) is 0 Å². The molecule has 0 bridgehead atoms. The molecule has 8 heteroatoms. The van der Waals surface area contributed by atoms with Crippen LogP contribution in [0.5, 0.6) is 0 Å². The van der Waals surface area contributed by atoms with Crippen LogP contribution in [0.25, 0.3) is 0 Å². The number of carbonyl (C=O) groups is 1. The molecule has 24 heavy (non-hydrogen) atoms. The van der Waals surface area contributed by atoms with Crippen LogP contribution in [-0.4, -0.2) is 40.6 Å². The van der Waals surface area contributed by atoms with Gasteiger partial charge in [0.25, 0.3) is 5.91 Å². The lowest BCUT2D eigenvalue weighted by molar-refractivity contribution is 0.0926. The molecule has 1 saturated carbocycles. The molecule has 0 saturated heterocycles. The van der Waals surface area contributed by atoms with E-state index in [4.69, 9.17) is 4.74 Å². The van der Waals surface area contributed by atoms with Gasteiger partial charge in [0.1, 0.15) is 0 Å². The maximum atomic E-state index is 12.5. The lowest BCUT2D eigenvalue weighted by Crippen LogP contribution is -2.36. The van der Waals surface area contributed by atoms with Crippen molar-refractivity contribution >= 4 is 31.9 Å². The average Bonchev–Trinajstić information content (AvgIpc) is 2.56. The second-order valence-electron chi connectivity index (χ2n) is 5.84. The van der Waals surface area contributed by atoms with Gasteiger partial charge in [-0.2, -0.15) is 0 Å². The number of halogens is 1. The monoisotopic (exact) mass is 418 g/mol. The standard InChI is InChI=1S/C16H23BrN2O4S/c1-23-10-9-18-24(21,22)13-7-8-15(17)14(11-13)16(20)19-12-5-3-2-4-6-12/h7-8,11-12,18H,2-6,9-10H2,1H3,(H,19,20). The molecule has 2 N–H and O–H groups in total. The molecule has 6 nitrogen and oxygen atoms in total. The van der Waals surface area contributed by atoms with Crippen molar-refractivity contribution in [2.24, 2.45) is 0 Å². The van der Waals surface area contributed by atoms with Gasteiger partial charge in [-0.1, -0.05) is 19.3 Å². The number of benzene rings is 1. The zero-order valence-electron chi connectivity index (χ0n) is 13.7. The summed E-state index contributed by atoms with van der Waals surface area (Å²) < 4.78 is 32.4. The highest BCUT2D eigenvalue weighted by Gasteiger charge is 2.21. The Hall–Kier alpha value is -0.960. The lowest BCUT2D eigenvalue weighted by atomic mass is 9.95. The summed E-state index contributed by atoms with van der Waals surface area (Å²) in [7, 11) is -2.17. The van der Waals surface area contributed by atoms with E-state index in [1.54, 1.807) is 6.07 Å². The van der Waals surface area contributed by atoms with Gasteiger partial charge < -0.3 is 10.1 Å². The number of hydrogen-bond donors (Lipinski definition) is 2. The molecule has 1 aliphatic carbocycles. The number of rotatable bonds is 7. The molecule has 0 radical (unpaired) electrons. The third-order valence-electron chi connectivity index (χ3n) is 4.03. The van der Waals surface area contributed by atoms with Crippen LogP contribution in [0.4, 0.5) is 0 Å². The second-order valence-corrected chi connectivity index (χ2v) is 8.46.